The summed E-state index contributed by atoms with van der Waals surface area (Å²) in [6.07, 6.45) is 1.22. The van der Waals surface area contributed by atoms with Crippen LogP contribution in [0.5, 0.6) is 5.75 Å². The van der Waals surface area contributed by atoms with E-state index in [2.05, 4.69) is 53.0 Å². The summed E-state index contributed by atoms with van der Waals surface area (Å²) >= 11 is 2.08. The predicted molar refractivity (Wildman–Crippen MR) is 111 cm³/mol. The molecule has 1 heterocycles. The number of aryl methyl sites for hydroxylation is 1. The maximum absolute atomic E-state index is 5.31. The Morgan fingerprint density at radius 1 is 1.48 bits per heavy atom. The molecule has 2 rings (SSSR count). The summed E-state index contributed by atoms with van der Waals surface area (Å²) in [5, 5.41) is 4.21. The molecule has 4 nitrogen and oxygen atoms in total. The molecule has 1 N–H and O–H groups in total. The van der Waals surface area contributed by atoms with Gasteiger partial charge in [-0.1, -0.05) is 19.1 Å². The molecule has 1 aliphatic rings. The SMILES string of the molecule is CCC1CN(C(=NC)NCc2ccc(OC)c(C)c2)CCS1.I. The Balaban J connectivity index is 0.00000264. The fourth-order valence-corrected chi connectivity index (χ4v) is 3.90. The molecule has 1 aliphatic heterocycles. The van der Waals surface area contributed by atoms with Gasteiger partial charge in [-0.15, -0.1) is 24.0 Å². The Labute approximate surface area is 161 Å². The second-order valence-corrected chi connectivity index (χ2v) is 6.96. The van der Waals surface area contributed by atoms with Crippen molar-refractivity contribution < 1.29 is 4.74 Å². The van der Waals surface area contributed by atoms with Crippen LogP contribution in [0.4, 0.5) is 0 Å². The van der Waals surface area contributed by atoms with Crippen LogP contribution in [0.2, 0.25) is 0 Å². The van der Waals surface area contributed by atoms with Crippen molar-refractivity contribution in [2.45, 2.75) is 32.1 Å². The summed E-state index contributed by atoms with van der Waals surface area (Å²) in [6, 6.07) is 6.30. The summed E-state index contributed by atoms with van der Waals surface area (Å²) in [5.41, 5.74) is 2.41. The number of thioether (sulfide) groups is 1. The first-order valence-electron chi connectivity index (χ1n) is 7.88. The van der Waals surface area contributed by atoms with Crippen molar-refractivity contribution in [1.29, 1.82) is 0 Å². The normalized spacial score (nSPS) is 18.3. The first kappa shape index (κ1) is 20.4. The Morgan fingerprint density at radius 2 is 2.26 bits per heavy atom. The topological polar surface area (TPSA) is 36.9 Å². The molecule has 0 aliphatic carbocycles. The highest BCUT2D eigenvalue weighted by Crippen LogP contribution is 2.21. The molecule has 0 bridgehead atoms. The third kappa shape index (κ3) is 5.74. The molecule has 1 aromatic rings. The van der Waals surface area contributed by atoms with E-state index in [1.165, 1.54) is 17.7 Å². The number of benzene rings is 1. The maximum Gasteiger partial charge on any atom is 0.193 e. The Hall–Kier alpha value is -0.630. The van der Waals surface area contributed by atoms with Crippen LogP contribution in [0.3, 0.4) is 0 Å². The lowest BCUT2D eigenvalue weighted by Gasteiger charge is -2.34. The third-order valence-electron chi connectivity index (χ3n) is 4.02. The van der Waals surface area contributed by atoms with Crippen molar-refractivity contribution in [3.8, 4) is 5.75 Å². The van der Waals surface area contributed by atoms with Gasteiger partial charge < -0.3 is 15.0 Å². The van der Waals surface area contributed by atoms with Gasteiger partial charge in [0.05, 0.1) is 7.11 Å². The minimum atomic E-state index is 0. The summed E-state index contributed by atoms with van der Waals surface area (Å²) in [7, 11) is 3.57. The zero-order valence-corrected chi connectivity index (χ0v) is 17.6. The molecule has 1 atom stereocenters. The number of halogens is 1. The van der Waals surface area contributed by atoms with Gasteiger partial charge in [0.25, 0.3) is 0 Å². The van der Waals surface area contributed by atoms with Gasteiger partial charge in [-0.05, 0) is 30.5 Å². The number of rotatable bonds is 4. The van der Waals surface area contributed by atoms with Crippen LogP contribution < -0.4 is 10.1 Å². The molecule has 1 aromatic carbocycles. The third-order valence-corrected chi connectivity index (χ3v) is 5.39. The Kier molecular flexibility index (Phi) is 9.12. The van der Waals surface area contributed by atoms with E-state index in [1.54, 1.807) is 7.11 Å². The predicted octanol–water partition coefficient (Wildman–Crippen LogP) is 3.52. The number of ether oxygens (including phenoxy) is 1. The van der Waals surface area contributed by atoms with E-state index < -0.39 is 0 Å². The lowest BCUT2D eigenvalue weighted by molar-refractivity contribution is 0.407. The van der Waals surface area contributed by atoms with Crippen LogP contribution in [0.1, 0.15) is 24.5 Å². The molecular weight excluding hydrogens is 421 g/mol. The zero-order valence-electron chi connectivity index (χ0n) is 14.5. The van der Waals surface area contributed by atoms with Gasteiger partial charge in [-0.2, -0.15) is 11.8 Å². The molecule has 1 fully saturated rings. The fourth-order valence-electron chi connectivity index (χ4n) is 2.72. The Bertz CT molecular complexity index is 525. The van der Waals surface area contributed by atoms with Crippen LogP contribution >= 0.6 is 35.7 Å². The van der Waals surface area contributed by atoms with E-state index >= 15 is 0 Å². The van der Waals surface area contributed by atoms with Gasteiger partial charge in [0.1, 0.15) is 5.75 Å². The molecular formula is C17H28IN3OS. The largest absolute Gasteiger partial charge is 0.496 e. The molecule has 0 radical (unpaired) electrons. The molecule has 1 saturated heterocycles. The highest BCUT2D eigenvalue weighted by atomic mass is 127. The quantitative estimate of drug-likeness (QED) is 0.434. The van der Waals surface area contributed by atoms with Crippen LogP contribution in [-0.4, -0.2) is 49.1 Å². The number of nitrogens with zero attached hydrogens (tertiary/aromatic N) is 2. The van der Waals surface area contributed by atoms with Gasteiger partial charge in [0, 0.05) is 37.7 Å². The van der Waals surface area contributed by atoms with Crippen molar-refractivity contribution in [3.05, 3.63) is 29.3 Å². The highest BCUT2D eigenvalue weighted by Gasteiger charge is 2.21. The molecule has 0 saturated carbocycles. The molecule has 0 amide bonds. The van der Waals surface area contributed by atoms with E-state index in [0.717, 1.165) is 42.2 Å². The van der Waals surface area contributed by atoms with Gasteiger partial charge in [0.2, 0.25) is 0 Å². The number of nitrogens with one attached hydrogen (secondary N) is 1. The average Bonchev–Trinajstić information content (AvgIpc) is 2.56. The van der Waals surface area contributed by atoms with Crippen molar-refractivity contribution in [1.82, 2.24) is 10.2 Å². The fraction of sp³-hybridized carbons (Fsp3) is 0.588. The molecule has 6 heteroatoms. The van der Waals surface area contributed by atoms with E-state index in [-0.39, 0.29) is 24.0 Å². The first-order valence-corrected chi connectivity index (χ1v) is 8.93. The second kappa shape index (κ2) is 10.3. The molecule has 1 unspecified atom stereocenters. The Morgan fingerprint density at radius 3 is 2.87 bits per heavy atom. The van der Waals surface area contributed by atoms with Crippen molar-refractivity contribution >= 4 is 41.7 Å². The smallest absolute Gasteiger partial charge is 0.193 e. The zero-order chi connectivity index (χ0) is 15.9. The molecule has 0 spiro atoms. The van der Waals surface area contributed by atoms with Gasteiger partial charge in [-0.3, -0.25) is 4.99 Å². The van der Waals surface area contributed by atoms with Gasteiger partial charge in [-0.25, -0.2) is 0 Å². The summed E-state index contributed by atoms with van der Waals surface area (Å²) in [4.78, 5) is 6.83. The monoisotopic (exact) mass is 449 g/mol. The molecule has 130 valence electrons. The van der Waals surface area contributed by atoms with E-state index in [1.807, 2.05) is 13.1 Å². The number of guanidine groups is 1. The number of hydrogen-bond acceptors (Lipinski definition) is 3. The second-order valence-electron chi connectivity index (χ2n) is 5.55. The van der Waals surface area contributed by atoms with Crippen molar-refractivity contribution in [2.75, 3.05) is 33.0 Å². The van der Waals surface area contributed by atoms with Crippen LogP contribution in [0, 0.1) is 6.92 Å². The van der Waals surface area contributed by atoms with Crippen molar-refractivity contribution in [2.24, 2.45) is 4.99 Å². The van der Waals surface area contributed by atoms with Gasteiger partial charge >= 0.3 is 0 Å². The van der Waals surface area contributed by atoms with E-state index in [9.17, 15) is 0 Å². The standard InChI is InChI=1S/C17H27N3OS.HI/c1-5-15-12-20(8-9-22-15)17(18-3)19-11-14-6-7-16(21-4)13(2)10-14;/h6-7,10,15H,5,8-9,11-12H2,1-4H3,(H,18,19);1H. The first-order chi connectivity index (χ1) is 10.7. The van der Waals surface area contributed by atoms with E-state index in [4.69, 9.17) is 4.74 Å². The maximum atomic E-state index is 5.31. The number of aliphatic imine (C=N–C) groups is 1. The number of hydrogen-bond donors (Lipinski definition) is 1. The lowest BCUT2D eigenvalue weighted by Crippen LogP contribution is -2.47. The minimum Gasteiger partial charge on any atom is -0.496 e. The van der Waals surface area contributed by atoms with Gasteiger partial charge in [0.15, 0.2) is 5.96 Å². The minimum absolute atomic E-state index is 0. The van der Waals surface area contributed by atoms with E-state index in [0.29, 0.717) is 0 Å². The van der Waals surface area contributed by atoms with Crippen LogP contribution in [0.25, 0.3) is 0 Å². The number of methoxy groups -OCH3 is 1. The molecule has 23 heavy (non-hydrogen) atoms. The summed E-state index contributed by atoms with van der Waals surface area (Å²) < 4.78 is 5.31. The lowest BCUT2D eigenvalue weighted by atomic mass is 10.1. The summed E-state index contributed by atoms with van der Waals surface area (Å²) in [5.74, 6) is 3.13. The van der Waals surface area contributed by atoms with Crippen LogP contribution in [0.15, 0.2) is 23.2 Å². The van der Waals surface area contributed by atoms with Crippen LogP contribution in [-0.2, 0) is 6.54 Å². The summed E-state index contributed by atoms with van der Waals surface area (Å²) in [6.45, 7) is 7.28. The average molecular weight is 449 g/mol. The highest BCUT2D eigenvalue weighted by molar-refractivity contribution is 14.0. The molecule has 0 aromatic heterocycles. The van der Waals surface area contributed by atoms with Crippen molar-refractivity contribution in [3.63, 3.8) is 0 Å².